The molecule has 0 bridgehead atoms. The highest BCUT2D eigenvalue weighted by atomic mass is 19.4. The third kappa shape index (κ3) is 3.74. The first-order chi connectivity index (χ1) is 15.4. The van der Waals surface area contributed by atoms with Gasteiger partial charge in [-0.25, -0.2) is 0 Å². The van der Waals surface area contributed by atoms with E-state index in [0.29, 0.717) is 13.1 Å². The monoisotopic (exact) mass is 440 g/mol. The third-order valence-electron chi connectivity index (χ3n) is 5.78. The fourth-order valence-electron chi connectivity index (χ4n) is 4.09. The lowest BCUT2D eigenvalue weighted by Gasteiger charge is -2.30. The topological polar surface area (TPSA) is 63.6 Å². The van der Waals surface area contributed by atoms with Gasteiger partial charge < -0.3 is 9.32 Å². The van der Waals surface area contributed by atoms with Crippen LogP contribution in [-0.4, -0.2) is 38.5 Å². The molecule has 5 rings (SSSR count). The Bertz CT molecular complexity index is 1270. The molecule has 4 aromatic rings. The van der Waals surface area contributed by atoms with Gasteiger partial charge in [-0.1, -0.05) is 18.2 Å². The Balaban J connectivity index is 1.28. The van der Waals surface area contributed by atoms with Gasteiger partial charge in [-0.05, 0) is 49.2 Å². The van der Waals surface area contributed by atoms with Crippen molar-refractivity contribution in [3.63, 3.8) is 0 Å². The quantitative estimate of drug-likeness (QED) is 0.448. The zero-order chi connectivity index (χ0) is 22.3. The molecule has 0 unspecified atom stereocenters. The van der Waals surface area contributed by atoms with Crippen LogP contribution in [0.3, 0.4) is 0 Å². The number of hydrogen-bond donors (Lipinski definition) is 0. The maximum atomic E-state index is 13.0. The Morgan fingerprint density at radius 3 is 2.59 bits per heavy atom. The highest BCUT2D eigenvalue weighted by Gasteiger charge is 2.31. The fraction of sp³-hybridized carbons (Fsp3) is 0.261. The Morgan fingerprint density at radius 1 is 1.00 bits per heavy atom. The molecule has 0 aliphatic carbocycles. The second kappa shape index (κ2) is 7.81. The zero-order valence-corrected chi connectivity index (χ0v) is 16.9. The van der Waals surface area contributed by atoms with E-state index in [0.717, 1.165) is 36.4 Å². The van der Waals surface area contributed by atoms with Gasteiger partial charge in [0.1, 0.15) is 11.6 Å². The van der Waals surface area contributed by atoms with Crippen LogP contribution in [0.4, 0.5) is 13.2 Å². The second-order valence-corrected chi connectivity index (χ2v) is 7.80. The Labute approximate surface area is 181 Å². The van der Waals surface area contributed by atoms with Crippen molar-refractivity contribution in [1.29, 1.82) is 0 Å². The summed E-state index contributed by atoms with van der Waals surface area (Å²) in [5.74, 6) is 1.15. The number of carbonyl (C=O) groups is 1. The molecule has 4 heterocycles. The largest absolute Gasteiger partial charge is 0.451 e. The fourth-order valence-corrected chi connectivity index (χ4v) is 4.09. The predicted octanol–water partition coefficient (Wildman–Crippen LogP) is 5.03. The minimum Gasteiger partial charge on any atom is -0.451 e. The summed E-state index contributed by atoms with van der Waals surface area (Å²) in [6.45, 7) is 1.07. The Kier molecular flexibility index (Phi) is 4.96. The van der Waals surface area contributed by atoms with Gasteiger partial charge >= 0.3 is 6.18 Å². The van der Waals surface area contributed by atoms with Gasteiger partial charge in [0, 0.05) is 30.8 Å². The third-order valence-corrected chi connectivity index (χ3v) is 5.78. The van der Waals surface area contributed by atoms with Crippen molar-refractivity contribution in [1.82, 2.24) is 19.5 Å². The van der Waals surface area contributed by atoms with Crippen LogP contribution in [0.2, 0.25) is 0 Å². The number of piperidine rings is 1. The second-order valence-electron chi connectivity index (χ2n) is 7.80. The van der Waals surface area contributed by atoms with Crippen LogP contribution in [0, 0.1) is 0 Å². The summed E-state index contributed by atoms with van der Waals surface area (Å²) in [5, 5.41) is 8.51. The number of carbonyl (C=O) groups excluding carboxylic acids is 1. The van der Waals surface area contributed by atoms with Gasteiger partial charge in [0.2, 0.25) is 0 Å². The standard InChI is InChI=1S/C23H19F3N4O2/c24-23(25,26)17-5-3-4-16(14-17)18-7-8-19(32-18)22(31)29-12-9-15(10-13-29)21-28-27-20-6-1-2-11-30(20)21/h1-8,11,14-15H,9-10,12-13H2. The lowest BCUT2D eigenvalue weighted by atomic mass is 9.96. The van der Waals surface area contributed by atoms with Crippen LogP contribution in [0.15, 0.2) is 65.2 Å². The molecule has 9 heteroatoms. The number of alkyl halides is 3. The molecule has 6 nitrogen and oxygen atoms in total. The summed E-state index contributed by atoms with van der Waals surface area (Å²) < 4.78 is 46.5. The minimum absolute atomic E-state index is 0.115. The molecule has 0 N–H and O–H groups in total. The van der Waals surface area contributed by atoms with E-state index < -0.39 is 11.7 Å². The van der Waals surface area contributed by atoms with E-state index in [9.17, 15) is 18.0 Å². The van der Waals surface area contributed by atoms with Crippen LogP contribution >= 0.6 is 0 Å². The smallest absolute Gasteiger partial charge is 0.416 e. The van der Waals surface area contributed by atoms with Crippen molar-refractivity contribution in [3.05, 3.63) is 77.9 Å². The van der Waals surface area contributed by atoms with E-state index >= 15 is 0 Å². The van der Waals surface area contributed by atoms with E-state index in [4.69, 9.17) is 4.42 Å². The molecule has 1 saturated heterocycles. The Hall–Kier alpha value is -3.62. The highest BCUT2D eigenvalue weighted by molar-refractivity contribution is 5.92. The zero-order valence-electron chi connectivity index (χ0n) is 16.9. The van der Waals surface area contributed by atoms with Crippen LogP contribution < -0.4 is 0 Å². The van der Waals surface area contributed by atoms with Crippen LogP contribution in [-0.2, 0) is 6.18 Å². The molecule has 1 fully saturated rings. The molecule has 3 aromatic heterocycles. The first kappa shape index (κ1) is 20.3. The summed E-state index contributed by atoms with van der Waals surface area (Å²) in [6, 6.07) is 13.6. The molecule has 0 saturated carbocycles. The van der Waals surface area contributed by atoms with Gasteiger partial charge in [-0.3, -0.25) is 9.20 Å². The molecular weight excluding hydrogens is 421 g/mol. The number of benzene rings is 1. The molecule has 0 spiro atoms. The average molecular weight is 440 g/mol. The van der Waals surface area contributed by atoms with Crippen molar-refractivity contribution >= 4 is 11.6 Å². The van der Waals surface area contributed by atoms with Crippen LogP contribution in [0.5, 0.6) is 0 Å². The number of fused-ring (bicyclic) bond motifs is 1. The van der Waals surface area contributed by atoms with Gasteiger partial charge in [-0.2, -0.15) is 13.2 Å². The molecule has 1 amide bonds. The van der Waals surface area contributed by atoms with Crippen molar-refractivity contribution in [2.24, 2.45) is 0 Å². The number of rotatable bonds is 3. The van der Waals surface area contributed by atoms with E-state index in [1.54, 1.807) is 4.90 Å². The molecule has 32 heavy (non-hydrogen) atoms. The summed E-state index contributed by atoms with van der Waals surface area (Å²) in [7, 11) is 0. The first-order valence-corrected chi connectivity index (χ1v) is 10.3. The minimum atomic E-state index is -4.44. The van der Waals surface area contributed by atoms with E-state index in [1.165, 1.54) is 24.3 Å². The molecule has 0 atom stereocenters. The van der Waals surface area contributed by atoms with Crippen LogP contribution in [0.25, 0.3) is 17.0 Å². The summed E-state index contributed by atoms with van der Waals surface area (Å²) in [4.78, 5) is 14.6. The van der Waals surface area contributed by atoms with E-state index in [-0.39, 0.29) is 28.9 Å². The number of pyridine rings is 1. The van der Waals surface area contributed by atoms with Gasteiger partial charge in [0.25, 0.3) is 5.91 Å². The summed E-state index contributed by atoms with van der Waals surface area (Å²) in [5.41, 5.74) is 0.303. The number of amides is 1. The number of aromatic nitrogens is 3. The maximum absolute atomic E-state index is 13.0. The number of likely N-dealkylation sites (tertiary alicyclic amines) is 1. The molecule has 0 radical (unpaired) electrons. The lowest BCUT2D eigenvalue weighted by molar-refractivity contribution is -0.137. The van der Waals surface area contributed by atoms with Crippen molar-refractivity contribution in [2.45, 2.75) is 24.9 Å². The number of hydrogen-bond acceptors (Lipinski definition) is 4. The molecule has 164 valence electrons. The van der Waals surface area contributed by atoms with Gasteiger partial charge in [0.05, 0.1) is 5.56 Å². The van der Waals surface area contributed by atoms with Crippen molar-refractivity contribution in [3.8, 4) is 11.3 Å². The molecule has 1 aliphatic heterocycles. The summed E-state index contributed by atoms with van der Waals surface area (Å²) in [6.07, 6.45) is -1.03. The lowest BCUT2D eigenvalue weighted by Crippen LogP contribution is -2.38. The van der Waals surface area contributed by atoms with Crippen molar-refractivity contribution in [2.75, 3.05) is 13.1 Å². The Morgan fingerprint density at radius 2 is 1.81 bits per heavy atom. The van der Waals surface area contributed by atoms with Gasteiger partial charge in [-0.15, -0.1) is 10.2 Å². The number of furan rings is 1. The number of halogens is 3. The number of nitrogens with zero attached hydrogens (tertiary/aromatic N) is 4. The van der Waals surface area contributed by atoms with Crippen molar-refractivity contribution < 1.29 is 22.4 Å². The summed E-state index contributed by atoms with van der Waals surface area (Å²) >= 11 is 0. The average Bonchev–Trinajstić information content (AvgIpc) is 3.46. The normalized spacial score (nSPS) is 15.4. The van der Waals surface area contributed by atoms with Crippen LogP contribution in [0.1, 0.15) is 40.7 Å². The maximum Gasteiger partial charge on any atom is 0.416 e. The molecular formula is C23H19F3N4O2. The SMILES string of the molecule is O=C(c1ccc(-c2cccc(C(F)(F)F)c2)o1)N1CCC(c2nnc3ccccn23)CC1. The van der Waals surface area contributed by atoms with E-state index in [2.05, 4.69) is 10.2 Å². The van der Waals surface area contributed by atoms with E-state index in [1.807, 2.05) is 28.8 Å². The predicted molar refractivity (Wildman–Crippen MR) is 110 cm³/mol. The first-order valence-electron chi connectivity index (χ1n) is 10.3. The molecule has 1 aliphatic rings. The van der Waals surface area contributed by atoms with Gasteiger partial charge in [0.15, 0.2) is 11.4 Å². The highest BCUT2D eigenvalue weighted by Crippen LogP contribution is 2.33. The molecule has 1 aromatic carbocycles.